The molecule has 1 amide bonds. The summed E-state index contributed by atoms with van der Waals surface area (Å²) >= 11 is 0. The Kier molecular flexibility index (Phi) is 4.99. The lowest BCUT2D eigenvalue weighted by Gasteiger charge is -2.36. The first kappa shape index (κ1) is 17.1. The van der Waals surface area contributed by atoms with Gasteiger partial charge >= 0.3 is 0 Å². The van der Waals surface area contributed by atoms with Crippen LogP contribution in [0.3, 0.4) is 0 Å². The average Bonchev–Trinajstić information content (AvgIpc) is 2.89. The molecule has 0 spiro atoms. The molecule has 0 aromatic heterocycles. The zero-order valence-corrected chi connectivity index (χ0v) is 14.8. The van der Waals surface area contributed by atoms with Crippen LogP contribution in [0.25, 0.3) is 0 Å². The van der Waals surface area contributed by atoms with Crippen molar-refractivity contribution in [2.24, 2.45) is 0 Å². The van der Waals surface area contributed by atoms with E-state index in [1.807, 2.05) is 4.90 Å². The second-order valence-electron chi connectivity index (χ2n) is 6.25. The van der Waals surface area contributed by atoms with Crippen molar-refractivity contribution in [1.29, 1.82) is 0 Å². The molecule has 1 fully saturated rings. The highest BCUT2D eigenvalue weighted by molar-refractivity contribution is 7.92. The highest BCUT2D eigenvalue weighted by Gasteiger charge is 2.37. The number of nitrogens with zero attached hydrogens (tertiary/aromatic N) is 2. The number of benzene rings is 1. The van der Waals surface area contributed by atoms with Gasteiger partial charge < -0.3 is 9.64 Å². The summed E-state index contributed by atoms with van der Waals surface area (Å²) in [5.74, 6) is 0.336. The normalized spacial score (nSPS) is 21.6. The largest absolute Gasteiger partial charge is 0.476 e. The van der Waals surface area contributed by atoms with Gasteiger partial charge in [-0.2, -0.15) is 0 Å². The van der Waals surface area contributed by atoms with Gasteiger partial charge in [0.15, 0.2) is 6.10 Å². The Morgan fingerprint density at radius 1 is 1.17 bits per heavy atom. The molecule has 2 aliphatic heterocycles. The summed E-state index contributed by atoms with van der Waals surface area (Å²) in [6.45, 7) is 3.10. The fourth-order valence-electron chi connectivity index (χ4n) is 3.24. The molecule has 6 nitrogen and oxygen atoms in total. The summed E-state index contributed by atoms with van der Waals surface area (Å²) in [4.78, 5) is 14.7. The lowest BCUT2D eigenvalue weighted by molar-refractivity contribution is -0.138. The average molecular weight is 352 g/mol. The van der Waals surface area contributed by atoms with Crippen molar-refractivity contribution in [1.82, 2.24) is 4.90 Å². The Balaban J connectivity index is 1.87. The van der Waals surface area contributed by atoms with E-state index in [9.17, 15) is 13.2 Å². The van der Waals surface area contributed by atoms with Crippen LogP contribution in [-0.2, 0) is 14.8 Å². The van der Waals surface area contributed by atoms with Crippen LogP contribution in [-0.4, -0.2) is 50.7 Å². The molecule has 1 atom stereocenters. The maximum atomic E-state index is 12.9. The lowest BCUT2D eigenvalue weighted by Crippen LogP contribution is -2.52. The van der Waals surface area contributed by atoms with Crippen molar-refractivity contribution in [2.75, 3.05) is 29.7 Å². The standard InChI is InChI=1S/C17H24N2O4S/c1-2-24(21,22)19-13-16(23-15-10-6-5-9-14(15)19)17(20)18-11-7-3-4-8-12-18/h5-6,9-10,16H,2-4,7-8,11-13H2,1H3. The van der Waals surface area contributed by atoms with Gasteiger partial charge in [-0.05, 0) is 31.9 Å². The molecule has 2 heterocycles. The number of para-hydroxylation sites is 2. The van der Waals surface area contributed by atoms with E-state index in [0.29, 0.717) is 11.4 Å². The summed E-state index contributed by atoms with van der Waals surface area (Å²) in [5, 5.41) is 0. The van der Waals surface area contributed by atoms with Gasteiger partial charge in [0.25, 0.3) is 5.91 Å². The summed E-state index contributed by atoms with van der Waals surface area (Å²) in [5.41, 5.74) is 0.513. The fraction of sp³-hybridized carbons (Fsp3) is 0.588. The third-order valence-electron chi connectivity index (χ3n) is 4.63. The number of amides is 1. The van der Waals surface area contributed by atoms with E-state index >= 15 is 0 Å². The van der Waals surface area contributed by atoms with Gasteiger partial charge in [-0.1, -0.05) is 25.0 Å². The van der Waals surface area contributed by atoms with Gasteiger partial charge in [0.1, 0.15) is 5.75 Å². The maximum Gasteiger partial charge on any atom is 0.265 e. The van der Waals surface area contributed by atoms with Crippen LogP contribution in [0, 0.1) is 0 Å². The second-order valence-corrected chi connectivity index (χ2v) is 8.43. The maximum absolute atomic E-state index is 12.9. The zero-order chi connectivity index (χ0) is 17.2. The van der Waals surface area contributed by atoms with Gasteiger partial charge in [0.2, 0.25) is 10.0 Å². The molecule has 2 aliphatic rings. The summed E-state index contributed by atoms with van der Waals surface area (Å²) in [6, 6.07) is 7.00. The van der Waals surface area contributed by atoms with Crippen molar-refractivity contribution in [3.05, 3.63) is 24.3 Å². The molecule has 0 saturated carbocycles. The number of hydrogen-bond donors (Lipinski definition) is 0. The van der Waals surface area contributed by atoms with Gasteiger partial charge in [0, 0.05) is 13.1 Å². The molecule has 0 radical (unpaired) electrons. The molecule has 1 unspecified atom stereocenters. The summed E-state index contributed by atoms with van der Waals surface area (Å²) in [7, 11) is -3.46. The molecule has 0 aliphatic carbocycles. The fourth-order valence-corrected chi connectivity index (χ4v) is 4.37. The minimum absolute atomic E-state index is 0.00798. The minimum Gasteiger partial charge on any atom is -0.476 e. The van der Waals surface area contributed by atoms with Crippen LogP contribution in [0.1, 0.15) is 32.6 Å². The van der Waals surface area contributed by atoms with E-state index in [2.05, 4.69) is 0 Å². The van der Waals surface area contributed by atoms with E-state index in [1.165, 1.54) is 4.31 Å². The molecular weight excluding hydrogens is 328 g/mol. The molecular formula is C17H24N2O4S. The Morgan fingerprint density at radius 2 is 1.83 bits per heavy atom. The first-order valence-corrected chi connectivity index (χ1v) is 10.2. The van der Waals surface area contributed by atoms with Crippen LogP contribution in [0.5, 0.6) is 5.75 Å². The zero-order valence-electron chi connectivity index (χ0n) is 14.0. The summed E-state index contributed by atoms with van der Waals surface area (Å²) in [6.07, 6.45) is 3.47. The van der Waals surface area contributed by atoms with Crippen molar-refractivity contribution in [3.8, 4) is 5.75 Å². The van der Waals surface area contributed by atoms with Crippen LogP contribution in [0.15, 0.2) is 24.3 Å². The number of fused-ring (bicyclic) bond motifs is 1. The predicted molar refractivity (Wildman–Crippen MR) is 92.7 cm³/mol. The van der Waals surface area contributed by atoms with Crippen molar-refractivity contribution >= 4 is 21.6 Å². The second kappa shape index (κ2) is 7.01. The number of sulfonamides is 1. The first-order chi connectivity index (χ1) is 11.5. The number of ether oxygens (including phenoxy) is 1. The number of anilines is 1. The Morgan fingerprint density at radius 3 is 2.50 bits per heavy atom. The molecule has 0 bridgehead atoms. The molecule has 7 heteroatoms. The minimum atomic E-state index is -3.46. The quantitative estimate of drug-likeness (QED) is 0.834. The van der Waals surface area contributed by atoms with Crippen LogP contribution < -0.4 is 9.04 Å². The van der Waals surface area contributed by atoms with E-state index < -0.39 is 16.1 Å². The number of rotatable bonds is 3. The van der Waals surface area contributed by atoms with E-state index in [0.717, 1.165) is 38.8 Å². The van der Waals surface area contributed by atoms with Gasteiger partial charge in [-0.25, -0.2) is 8.42 Å². The first-order valence-electron chi connectivity index (χ1n) is 8.58. The van der Waals surface area contributed by atoms with Crippen molar-refractivity contribution < 1.29 is 17.9 Å². The number of hydrogen-bond acceptors (Lipinski definition) is 4. The number of likely N-dealkylation sites (tertiary alicyclic amines) is 1. The Labute approximate surface area is 143 Å². The Bertz CT molecular complexity index is 696. The molecule has 132 valence electrons. The smallest absolute Gasteiger partial charge is 0.265 e. The van der Waals surface area contributed by atoms with Gasteiger partial charge in [-0.15, -0.1) is 0 Å². The SMILES string of the molecule is CCS(=O)(=O)N1CC(C(=O)N2CCCCCC2)Oc2ccccc21. The Hall–Kier alpha value is -1.76. The van der Waals surface area contributed by atoms with Crippen LogP contribution >= 0.6 is 0 Å². The monoisotopic (exact) mass is 352 g/mol. The summed E-state index contributed by atoms with van der Waals surface area (Å²) < 4.78 is 32.1. The van der Waals surface area contributed by atoms with Gasteiger partial charge in [-0.3, -0.25) is 9.10 Å². The van der Waals surface area contributed by atoms with E-state index in [1.54, 1.807) is 31.2 Å². The highest BCUT2D eigenvalue weighted by atomic mass is 32.2. The van der Waals surface area contributed by atoms with Crippen LogP contribution in [0.4, 0.5) is 5.69 Å². The third kappa shape index (κ3) is 3.36. The lowest BCUT2D eigenvalue weighted by atomic mass is 10.2. The van der Waals surface area contributed by atoms with Crippen molar-refractivity contribution in [3.63, 3.8) is 0 Å². The predicted octanol–water partition coefficient (Wildman–Crippen LogP) is 2.01. The molecule has 24 heavy (non-hydrogen) atoms. The van der Waals surface area contributed by atoms with Crippen molar-refractivity contribution in [2.45, 2.75) is 38.7 Å². The molecule has 0 N–H and O–H groups in total. The van der Waals surface area contributed by atoms with Gasteiger partial charge in [0.05, 0.1) is 18.0 Å². The number of carbonyl (C=O) groups is 1. The topological polar surface area (TPSA) is 66.9 Å². The van der Waals surface area contributed by atoms with E-state index in [4.69, 9.17) is 4.74 Å². The number of carbonyl (C=O) groups excluding carboxylic acids is 1. The molecule has 1 aromatic rings. The molecule has 3 rings (SSSR count). The third-order valence-corrected chi connectivity index (χ3v) is 6.38. The molecule has 1 saturated heterocycles. The highest BCUT2D eigenvalue weighted by Crippen LogP contribution is 2.35. The molecule has 1 aromatic carbocycles. The van der Waals surface area contributed by atoms with E-state index in [-0.39, 0.29) is 18.2 Å². The van der Waals surface area contributed by atoms with Crippen LogP contribution in [0.2, 0.25) is 0 Å².